The maximum atomic E-state index is 12.5. The highest BCUT2D eigenvalue weighted by Gasteiger charge is 2.25. The van der Waals surface area contributed by atoms with Crippen LogP contribution in [0.1, 0.15) is 32.1 Å². The van der Waals surface area contributed by atoms with Gasteiger partial charge in [-0.25, -0.2) is 14.8 Å². The molecule has 2 fully saturated rings. The Morgan fingerprint density at radius 3 is 2.64 bits per heavy atom. The van der Waals surface area contributed by atoms with Crippen LogP contribution >= 0.6 is 0 Å². The summed E-state index contributed by atoms with van der Waals surface area (Å²) in [5.74, 6) is 0.908. The number of aromatic nitrogens is 4. The predicted octanol–water partition coefficient (Wildman–Crippen LogP) is 1.53. The largest absolute Gasteiger partial charge is 0.352 e. The van der Waals surface area contributed by atoms with Crippen molar-refractivity contribution in [1.29, 1.82) is 0 Å². The van der Waals surface area contributed by atoms with Gasteiger partial charge in [-0.15, -0.1) is 0 Å². The number of nitrogens with one attached hydrogen (secondary N) is 1. The highest BCUT2D eigenvalue weighted by molar-refractivity contribution is 5.86. The number of urea groups is 1. The molecule has 1 aliphatic heterocycles. The van der Waals surface area contributed by atoms with Gasteiger partial charge in [-0.05, 0) is 12.8 Å². The van der Waals surface area contributed by atoms with Gasteiger partial charge in [0.15, 0.2) is 5.65 Å². The first-order chi connectivity index (χ1) is 12.2. The second-order valence-electron chi connectivity index (χ2n) is 6.96. The monoisotopic (exact) mass is 343 g/mol. The first kappa shape index (κ1) is 16.1. The van der Waals surface area contributed by atoms with Crippen molar-refractivity contribution < 1.29 is 4.79 Å². The molecule has 0 bridgehead atoms. The number of anilines is 1. The van der Waals surface area contributed by atoms with Gasteiger partial charge in [0, 0.05) is 39.3 Å². The minimum Gasteiger partial charge on any atom is -0.352 e. The molecule has 25 heavy (non-hydrogen) atoms. The van der Waals surface area contributed by atoms with Gasteiger partial charge in [0.05, 0.1) is 11.6 Å². The van der Waals surface area contributed by atoms with Gasteiger partial charge in [-0.1, -0.05) is 19.3 Å². The summed E-state index contributed by atoms with van der Waals surface area (Å²) in [5.41, 5.74) is 0.836. The Labute approximate surface area is 147 Å². The van der Waals surface area contributed by atoms with Crippen molar-refractivity contribution in [3.63, 3.8) is 0 Å². The number of aryl methyl sites for hydroxylation is 1. The summed E-state index contributed by atoms with van der Waals surface area (Å²) >= 11 is 0. The number of fused-ring (bicyclic) bond motifs is 1. The first-order valence-corrected chi connectivity index (χ1v) is 9.15. The molecule has 1 saturated heterocycles. The lowest BCUT2D eigenvalue weighted by molar-refractivity contribution is 0.186. The number of hydrogen-bond donors (Lipinski definition) is 1. The fraction of sp³-hybridized carbons (Fsp3) is 0.647. The summed E-state index contributed by atoms with van der Waals surface area (Å²) in [6.45, 7) is 2.98. The third-order valence-corrected chi connectivity index (χ3v) is 5.31. The quantitative estimate of drug-likeness (QED) is 0.894. The molecule has 0 aromatic carbocycles. The van der Waals surface area contributed by atoms with E-state index < -0.39 is 0 Å². The van der Waals surface area contributed by atoms with Gasteiger partial charge < -0.3 is 15.1 Å². The molecule has 2 aliphatic rings. The first-order valence-electron chi connectivity index (χ1n) is 9.15. The predicted molar refractivity (Wildman–Crippen MR) is 95.5 cm³/mol. The number of rotatable bonds is 2. The Bertz CT molecular complexity index is 745. The number of carbonyl (C=O) groups is 1. The summed E-state index contributed by atoms with van der Waals surface area (Å²) in [7, 11) is 1.88. The van der Waals surface area contributed by atoms with Gasteiger partial charge >= 0.3 is 6.03 Å². The fourth-order valence-corrected chi connectivity index (χ4v) is 3.84. The third kappa shape index (κ3) is 3.25. The standard InChI is InChI=1S/C17H25N7O/c1-22-15-14(11-20-22)16(19-12-18-15)23-7-9-24(10-8-23)17(25)21-13-5-3-2-4-6-13/h11-13H,2-10H2,1H3,(H,21,25). The van der Waals surface area contributed by atoms with E-state index in [0.29, 0.717) is 19.1 Å². The molecule has 0 unspecified atom stereocenters. The van der Waals surface area contributed by atoms with Gasteiger partial charge in [0.1, 0.15) is 12.1 Å². The molecule has 2 aromatic heterocycles. The average Bonchev–Trinajstić information content (AvgIpc) is 3.04. The molecule has 8 heteroatoms. The van der Waals surface area contributed by atoms with Crippen molar-refractivity contribution >= 4 is 22.9 Å². The molecule has 1 N–H and O–H groups in total. The van der Waals surface area contributed by atoms with Crippen LogP contribution in [0.5, 0.6) is 0 Å². The van der Waals surface area contributed by atoms with Crippen LogP contribution in [-0.2, 0) is 7.05 Å². The van der Waals surface area contributed by atoms with Gasteiger partial charge in [0.2, 0.25) is 0 Å². The van der Waals surface area contributed by atoms with Crippen LogP contribution in [0.25, 0.3) is 11.0 Å². The van der Waals surface area contributed by atoms with E-state index in [1.807, 2.05) is 18.1 Å². The minimum absolute atomic E-state index is 0.0840. The van der Waals surface area contributed by atoms with Crippen LogP contribution < -0.4 is 10.2 Å². The van der Waals surface area contributed by atoms with Gasteiger partial charge in [-0.2, -0.15) is 5.10 Å². The summed E-state index contributed by atoms with van der Waals surface area (Å²) in [6, 6.07) is 0.442. The van der Waals surface area contributed by atoms with E-state index in [4.69, 9.17) is 0 Å². The van der Waals surface area contributed by atoms with Crippen LogP contribution in [0.3, 0.4) is 0 Å². The summed E-state index contributed by atoms with van der Waals surface area (Å²) < 4.78 is 1.76. The number of nitrogens with zero attached hydrogens (tertiary/aromatic N) is 6. The number of amides is 2. The highest BCUT2D eigenvalue weighted by Crippen LogP contribution is 2.23. The second kappa shape index (κ2) is 6.85. The maximum absolute atomic E-state index is 12.5. The molecular weight excluding hydrogens is 318 g/mol. The molecule has 2 amide bonds. The normalized spacial score (nSPS) is 19.4. The molecule has 3 heterocycles. The zero-order chi connectivity index (χ0) is 17.2. The molecule has 1 aliphatic carbocycles. The SMILES string of the molecule is Cn1ncc2c(N3CCN(C(=O)NC4CCCCC4)CC3)ncnc21. The Morgan fingerprint density at radius 1 is 1.12 bits per heavy atom. The molecule has 0 spiro atoms. The van der Waals surface area contributed by atoms with Crippen molar-refractivity contribution in [2.75, 3.05) is 31.1 Å². The Morgan fingerprint density at radius 2 is 1.88 bits per heavy atom. The highest BCUT2D eigenvalue weighted by atomic mass is 16.2. The third-order valence-electron chi connectivity index (χ3n) is 5.31. The summed E-state index contributed by atoms with van der Waals surface area (Å²) in [4.78, 5) is 25.4. The van der Waals surface area contributed by atoms with E-state index in [1.54, 1.807) is 11.0 Å². The molecule has 0 radical (unpaired) electrons. The van der Waals surface area contributed by atoms with Crippen molar-refractivity contribution in [2.45, 2.75) is 38.1 Å². The number of piperazine rings is 1. The van der Waals surface area contributed by atoms with Crippen molar-refractivity contribution in [1.82, 2.24) is 30.0 Å². The topological polar surface area (TPSA) is 79.2 Å². The molecule has 4 rings (SSSR count). The Balaban J connectivity index is 1.38. The zero-order valence-corrected chi connectivity index (χ0v) is 14.7. The van der Waals surface area contributed by atoms with Crippen LogP contribution in [0.2, 0.25) is 0 Å². The smallest absolute Gasteiger partial charge is 0.317 e. The molecule has 8 nitrogen and oxygen atoms in total. The molecule has 1 saturated carbocycles. The van der Waals surface area contributed by atoms with E-state index in [9.17, 15) is 4.79 Å². The maximum Gasteiger partial charge on any atom is 0.317 e. The van der Waals surface area contributed by atoms with Crippen molar-refractivity contribution in [3.8, 4) is 0 Å². The Kier molecular flexibility index (Phi) is 4.42. The lowest BCUT2D eigenvalue weighted by atomic mass is 9.96. The van der Waals surface area contributed by atoms with Gasteiger partial charge in [-0.3, -0.25) is 4.68 Å². The number of carbonyl (C=O) groups excluding carboxylic acids is 1. The van der Waals surface area contributed by atoms with Crippen molar-refractivity contribution in [2.24, 2.45) is 7.05 Å². The summed E-state index contributed by atoms with van der Waals surface area (Å²) in [6.07, 6.45) is 9.39. The van der Waals surface area contributed by atoms with E-state index in [-0.39, 0.29) is 6.03 Å². The van der Waals surface area contributed by atoms with Crippen LogP contribution in [-0.4, -0.2) is 62.9 Å². The average molecular weight is 343 g/mol. The zero-order valence-electron chi connectivity index (χ0n) is 14.7. The fourth-order valence-electron chi connectivity index (χ4n) is 3.84. The lowest BCUT2D eigenvalue weighted by Crippen LogP contribution is -2.53. The molecule has 0 atom stereocenters. The van der Waals surface area contributed by atoms with Crippen LogP contribution in [0.15, 0.2) is 12.5 Å². The van der Waals surface area contributed by atoms with Crippen molar-refractivity contribution in [3.05, 3.63) is 12.5 Å². The lowest BCUT2D eigenvalue weighted by Gasteiger charge is -2.36. The van der Waals surface area contributed by atoms with E-state index in [2.05, 4.69) is 25.3 Å². The van der Waals surface area contributed by atoms with E-state index in [1.165, 1.54) is 19.3 Å². The van der Waals surface area contributed by atoms with E-state index in [0.717, 1.165) is 42.8 Å². The minimum atomic E-state index is 0.0840. The molecule has 2 aromatic rings. The molecule has 134 valence electrons. The Hall–Kier alpha value is -2.38. The second-order valence-corrected chi connectivity index (χ2v) is 6.96. The van der Waals surface area contributed by atoms with Crippen LogP contribution in [0.4, 0.5) is 10.6 Å². The van der Waals surface area contributed by atoms with E-state index >= 15 is 0 Å². The van der Waals surface area contributed by atoms with Crippen LogP contribution in [0, 0.1) is 0 Å². The summed E-state index contributed by atoms with van der Waals surface area (Å²) in [5, 5.41) is 8.44. The molecular formula is C17H25N7O. The number of hydrogen-bond acceptors (Lipinski definition) is 5. The van der Waals surface area contributed by atoms with Gasteiger partial charge in [0.25, 0.3) is 0 Å².